The number of benzene rings is 9. The molecule has 0 unspecified atom stereocenters. The third kappa shape index (κ3) is 8.81. The fourth-order valence-corrected chi connectivity index (χ4v) is 8.49. The van der Waals surface area contributed by atoms with Crippen LogP contribution in [-0.2, 0) is 6.42 Å². The highest BCUT2D eigenvalue weighted by atomic mass is 15.1. The van der Waals surface area contributed by atoms with Crippen LogP contribution in [-0.4, -0.2) is 0 Å². The van der Waals surface area contributed by atoms with E-state index in [4.69, 9.17) is 0 Å². The van der Waals surface area contributed by atoms with Crippen LogP contribution in [0.5, 0.6) is 0 Å². The average Bonchev–Trinajstić information content (AvgIpc) is 3.29. The molecule has 296 valence electrons. The molecule has 9 aromatic carbocycles. The van der Waals surface area contributed by atoms with Gasteiger partial charge in [0.05, 0.1) is 0 Å². The van der Waals surface area contributed by atoms with Crippen molar-refractivity contribution >= 4 is 34.1 Å². The molecule has 0 aromatic heterocycles. The molecule has 2 nitrogen and oxygen atoms in total. The molecule has 0 saturated carbocycles. The Labute approximate surface area is 361 Å². The van der Waals surface area contributed by atoms with Gasteiger partial charge in [-0.3, -0.25) is 0 Å². The third-order valence-corrected chi connectivity index (χ3v) is 11.5. The Hall–Kier alpha value is -7.42. The van der Waals surface area contributed by atoms with Crippen LogP contribution in [0.1, 0.15) is 33.4 Å². The van der Waals surface area contributed by atoms with Crippen LogP contribution in [0.2, 0.25) is 0 Å². The summed E-state index contributed by atoms with van der Waals surface area (Å²) in [5.74, 6) is 0. The maximum absolute atomic E-state index is 2.37. The van der Waals surface area contributed by atoms with Crippen LogP contribution in [0, 0.1) is 27.7 Å². The van der Waals surface area contributed by atoms with Crippen LogP contribution < -0.4 is 9.80 Å². The van der Waals surface area contributed by atoms with Crippen molar-refractivity contribution in [1.29, 1.82) is 0 Å². The summed E-state index contributed by atoms with van der Waals surface area (Å²) in [6, 6.07) is 79.5. The van der Waals surface area contributed by atoms with Gasteiger partial charge in [-0.25, -0.2) is 0 Å². The quantitative estimate of drug-likeness (QED) is 0.129. The average molecular weight is 787 g/mol. The molecule has 0 heterocycles. The van der Waals surface area contributed by atoms with E-state index in [1.165, 1.54) is 72.4 Å². The van der Waals surface area contributed by atoms with E-state index >= 15 is 0 Å². The normalized spacial score (nSPS) is 11.0. The lowest BCUT2D eigenvalue weighted by Crippen LogP contribution is -2.11. The Morgan fingerprint density at radius 3 is 1.07 bits per heavy atom. The van der Waals surface area contributed by atoms with Gasteiger partial charge in [0.2, 0.25) is 0 Å². The van der Waals surface area contributed by atoms with Gasteiger partial charge in [-0.2, -0.15) is 0 Å². The minimum Gasteiger partial charge on any atom is -0.310 e. The minimum absolute atomic E-state index is 0.864. The largest absolute Gasteiger partial charge is 0.310 e. The Morgan fingerprint density at radius 1 is 0.279 bits per heavy atom. The van der Waals surface area contributed by atoms with Crippen LogP contribution in [0.15, 0.2) is 218 Å². The topological polar surface area (TPSA) is 6.48 Å². The van der Waals surface area contributed by atoms with Gasteiger partial charge >= 0.3 is 0 Å². The molecular weight excluding hydrogens is 737 g/mol. The molecule has 0 saturated heterocycles. The molecule has 9 aromatic rings. The van der Waals surface area contributed by atoms with E-state index < -0.39 is 0 Å². The van der Waals surface area contributed by atoms with Crippen molar-refractivity contribution in [2.24, 2.45) is 0 Å². The molecule has 0 N–H and O–H groups in total. The predicted molar refractivity (Wildman–Crippen MR) is 260 cm³/mol. The summed E-state index contributed by atoms with van der Waals surface area (Å²) in [7, 11) is 0. The van der Waals surface area contributed by atoms with E-state index in [-0.39, 0.29) is 0 Å². The zero-order chi connectivity index (χ0) is 41.7. The van der Waals surface area contributed by atoms with Gasteiger partial charge in [0.15, 0.2) is 0 Å². The van der Waals surface area contributed by atoms with Crippen molar-refractivity contribution < 1.29 is 0 Å². The minimum atomic E-state index is 0.864. The van der Waals surface area contributed by atoms with E-state index in [0.717, 1.165) is 34.9 Å². The number of nitrogens with zero attached hydrogens (tertiary/aromatic N) is 2. The first-order valence-corrected chi connectivity index (χ1v) is 21.2. The predicted octanol–water partition coefficient (Wildman–Crippen LogP) is 16.5. The second-order valence-electron chi connectivity index (χ2n) is 16.2. The molecule has 61 heavy (non-hydrogen) atoms. The Kier molecular flexibility index (Phi) is 11.2. The summed E-state index contributed by atoms with van der Waals surface area (Å²) >= 11 is 0. The summed E-state index contributed by atoms with van der Waals surface area (Å²) in [5, 5.41) is 0. The summed E-state index contributed by atoms with van der Waals surface area (Å²) in [5.41, 5.74) is 21.7. The maximum atomic E-state index is 2.37. The molecule has 0 bridgehead atoms. The zero-order valence-electron chi connectivity index (χ0n) is 35.4. The van der Waals surface area contributed by atoms with Gasteiger partial charge in [0.1, 0.15) is 0 Å². The number of aryl methyl sites for hydroxylation is 4. The summed E-state index contributed by atoms with van der Waals surface area (Å²) in [6.07, 6.45) is 0.864. The molecule has 9 rings (SSSR count). The highest BCUT2D eigenvalue weighted by Crippen LogP contribution is 2.40. The molecular formula is C59H50N2. The molecule has 0 aliphatic carbocycles. The van der Waals surface area contributed by atoms with Gasteiger partial charge in [-0.05, 0) is 162 Å². The van der Waals surface area contributed by atoms with Crippen molar-refractivity contribution in [1.82, 2.24) is 0 Å². The molecule has 0 spiro atoms. The Morgan fingerprint density at radius 2 is 0.639 bits per heavy atom. The highest BCUT2D eigenvalue weighted by Gasteiger charge is 2.17. The molecule has 0 radical (unpaired) electrons. The third-order valence-electron chi connectivity index (χ3n) is 11.5. The Balaban J connectivity index is 0.932. The first kappa shape index (κ1) is 39.1. The molecule has 0 fully saturated rings. The van der Waals surface area contributed by atoms with E-state index in [0.29, 0.717) is 0 Å². The van der Waals surface area contributed by atoms with Gasteiger partial charge in [0.25, 0.3) is 0 Å². The molecule has 0 atom stereocenters. The fourth-order valence-electron chi connectivity index (χ4n) is 8.49. The van der Waals surface area contributed by atoms with Crippen molar-refractivity contribution in [3.8, 4) is 33.4 Å². The number of rotatable bonds is 11. The Bertz CT molecular complexity index is 2840. The standard InChI is InChI=1S/C59H50N2/c1-42-15-36-59(45(4)38-42)61(57-34-26-52(27-35-57)49-13-9-6-10-14-49)56-28-18-47(19-29-56)41-46-16-20-50(21-17-46)53-24-32-55(33-25-53)60(58-39-43(2)37-44(3)40-58)54-30-22-51(23-31-54)48-11-7-5-8-12-48/h5-40H,41H2,1-4H3. The molecule has 0 aliphatic rings. The second-order valence-corrected chi connectivity index (χ2v) is 16.2. The van der Waals surface area contributed by atoms with Crippen molar-refractivity contribution in [3.63, 3.8) is 0 Å². The maximum Gasteiger partial charge on any atom is 0.0490 e. The van der Waals surface area contributed by atoms with Gasteiger partial charge < -0.3 is 9.80 Å². The summed E-state index contributed by atoms with van der Waals surface area (Å²) < 4.78 is 0. The fraction of sp³-hybridized carbons (Fsp3) is 0.0847. The van der Waals surface area contributed by atoms with Gasteiger partial charge in [0, 0.05) is 34.1 Å². The summed E-state index contributed by atoms with van der Waals surface area (Å²) in [6.45, 7) is 8.70. The van der Waals surface area contributed by atoms with E-state index in [2.05, 4.69) is 256 Å². The zero-order valence-corrected chi connectivity index (χ0v) is 35.4. The molecule has 0 aliphatic heterocycles. The van der Waals surface area contributed by atoms with Crippen molar-refractivity contribution in [2.75, 3.05) is 9.80 Å². The number of anilines is 6. The van der Waals surface area contributed by atoms with Gasteiger partial charge in [-0.1, -0.05) is 157 Å². The lowest BCUT2D eigenvalue weighted by molar-refractivity contribution is 1.18. The lowest BCUT2D eigenvalue weighted by Gasteiger charge is -2.27. The van der Waals surface area contributed by atoms with Crippen molar-refractivity contribution in [2.45, 2.75) is 34.1 Å². The van der Waals surface area contributed by atoms with E-state index in [9.17, 15) is 0 Å². The number of hydrogen-bond donors (Lipinski definition) is 0. The molecule has 2 heteroatoms. The first-order chi connectivity index (χ1) is 29.8. The number of hydrogen-bond acceptors (Lipinski definition) is 2. The lowest BCUT2D eigenvalue weighted by atomic mass is 9.99. The van der Waals surface area contributed by atoms with Crippen LogP contribution in [0.3, 0.4) is 0 Å². The summed E-state index contributed by atoms with van der Waals surface area (Å²) in [4.78, 5) is 4.73. The van der Waals surface area contributed by atoms with Crippen LogP contribution in [0.4, 0.5) is 34.1 Å². The monoisotopic (exact) mass is 786 g/mol. The highest BCUT2D eigenvalue weighted by molar-refractivity contribution is 5.82. The SMILES string of the molecule is Cc1cc(C)cc(N(c2ccc(-c3ccccc3)cc2)c2ccc(-c3ccc(Cc4ccc(N(c5ccc(-c6ccccc6)cc5)c5ccc(C)cc5C)cc4)cc3)cc2)c1. The van der Waals surface area contributed by atoms with E-state index in [1.54, 1.807) is 0 Å². The second kappa shape index (κ2) is 17.4. The van der Waals surface area contributed by atoms with E-state index in [1.807, 2.05) is 0 Å². The smallest absolute Gasteiger partial charge is 0.0490 e. The van der Waals surface area contributed by atoms with Crippen LogP contribution >= 0.6 is 0 Å². The van der Waals surface area contributed by atoms with Gasteiger partial charge in [-0.15, -0.1) is 0 Å². The molecule has 0 amide bonds. The first-order valence-electron chi connectivity index (χ1n) is 21.2. The van der Waals surface area contributed by atoms with Crippen molar-refractivity contribution in [3.05, 3.63) is 252 Å². The van der Waals surface area contributed by atoms with Crippen LogP contribution in [0.25, 0.3) is 33.4 Å².